The molecule has 1 aromatic carbocycles. The van der Waals surface area contributed by atoms with Crippen molar-refractivity contribution < 1.29 is 19.1 Å². The van der Waals surface area contributed by atoms with Gasteiger partial charge in [0.2, 0.25) is 0 Å². The lowest BCUT2D eigenvalue weighted by molar-refractivity contribution is 0.0140. The summed E-state index contributed by atoms with van der Waals surface area (Å²) in [5, 5.41) is 0.456. The molecule has 29 heavy (non-hydrogen) atoms. The van der Waals surface area contributed by atoms with E-state index in [1.165, 1.54) is 7.11 Å². The fourth-order valence-corrected chi connectivity index (χ4v) is 3.42. The molecule has 3 rings (SSSR count). The maximum absolute atomic E-state index is 13.1. The van der Waals surface area contributed by atoms with E-state index in [1.54, 1.807) is 21.9 Å². The Kier molecular flexibility index (Phi) is 6.07. The number of ether oxygens (including phenoxy) is 2. The molecule has 0 N–H and O–H groups in total. The summed E-state index contributed by atoms with van der Waals surface area (Å²) in [7, 11) is 1.53. The van der Waals surface area contributed by atoms with Crippen molar-refractivity contribution in [1.29, 1.82) is 0 Å². The number of rotatable bonds is 3. The van der Waals surface area contributed by atoms with Crippen LogP contribution in [-0.2, 0) is 4.74 Å². The monoisotopic (exact) mass is 419 g/mol. The number of benzene rings is 1. The van der Waals surface area contributed by atoms with Crippen LogP contribution >= 0.6 is 11.6 Å². The number of carbonyl (C=O) groups excluding carboxylic acids is 2. The van der Waals surface area contributed by atoms with E-state index in [2.05, 4.69) is 0 Å². The van der Waals surface area contributed by atoms with Crippen molar-refractivity contribution in [3.8, 4) is 11.4 Å². The minimum atomic E-state index is -0.546. The molecule has 8 heteroatoms. The molecule has 1 aromatic heterocycles. The summed E-state index contributed by atoms with van der Waals surface area (Å²) in [6.07, 6.45) is 3.39. The molecule has 1 aliphatic rings. The highest BCUT2D eigenvalue weighted by atomic mass is 35.5. The Bertz CT molecular complexity index is 882. The third kappa shape index (κ3) is 4.85. The SMILES string of the molecule is COc1cc(-n2cccc2)c(Cl)cc1C(=O)N1CCN(C(=O)OC(C)(C)C)CC1. The Morgan fingerprint density at radius 2 is 1.59 bits per heavy atom. The van der Waals surface area contributed by atoms with Gasteiger partial charge in [-0.25, -0.2) is 4.79 Å². The molecule has 1 saturated heterocycles. The van der Waals surface area contributed by atoms with E-state index in [1.807, 2.05) is 49.9 Å². The zero-order valence-electron chi connectivity index (χ0n) is 17.1. The molecule has 0 spiro atoms. The molecule has 0 saturated carbocycles. The van der Waals surface area contributed by atoms with Gasteiger partial charge < -0.3 is 23.8 Å². The maximum atomic E-state index is 13.1. The van der Waals surface area contributed by atoms with Crippen molar-refractivity contribution in [3.05, 3.63) is 47.2 Å². The highest BCUT2D eigenvalue weighted by molar-refractivity contribution is 6.33. The topological polar surface area (TPSA) is 64.0 Å². The average Bonchev–Trinajstić information content (AvgIpc) is 3.20. The first-order chi connectivity index (χ1) is 13.7. The van der Waals surface area contributed by atoms with Crippen molar-refractivity contribution in [3.63, 3.8) is 0 Å². The van der Waals surface area contributed by atoms with Crippen molar-refractivity contribution in [2.75, 3.05) is 33.3 Å². The van der Waals surface area contributed by atoms with E-state index >= 15 is 0 Å². The highest BCUT2D eigenvalue weighted by Crippen LogP contribution is 2.31. The van der Waals surface area contributed by atoms with Crippen LogP contribution in [0.25, 0.3) is 5.69 Å². The quantitative estimate of drug-likeness (QED) is 0.758. The van der Waals surface area contributed by atoms with Gasteiger partial charge >= 0.3 is 6.09 Å². The minimum absolute atomic E-state index is 0.174. The van der Waals surface area contributed by atoms with Crippen LogP contribution in [0.3, 0.4) is 0 Å². The molecule has 156 valence electrons. The zero-order valence-corrected chi connectivity index (χ0v) is 17.9. The number of piperazine rings is 1. The number of amides is 2. The molecule has 2 heterocycles. The Balaban J connectivity index is 1.73. The fourth-order valence-electron chi connectivity index (χ4n) is 3.16. The number of carbonyl (C=O) groups is 2. The Morgan fingerprint density at radius 1 is 1.00 bits per heavy atom. The van der Waals surface area contributed by atoms with Crippen molar-refractivity contribution in [2.24, 2.45) is 0 Å². The number of halogens is 1. The lowest BCUT2D eigenvalue weighted by Gasteiger charge is -2.35. The lowest BCUT2D eigenvalue weighted by Crippen LogP contribution is -2.51. The molecule has 7 nitrogen and oxygen atoms in total. The summed E-state index contributed by atoms with van der Waals surface area (Å²) in [6.45, 7) is 7.15. The molecule has 1 aliphatic heterocycles. The molecule has 0 unspecified atom stereocenters. The van der Waals surface area contributed by atoms with Gasteiger partial charge in [0.15, 0.2) is 0 Å². The predicted octanol–water partition coefficient (Wildman–Crippen LogP) is 3.83. The van der Waals surface area contributed by atoms with Gasteiger partial charge in [0.05, 0.1) is 23.4 Å². The van der Waals surface area contributed by atoms with Crippen molar-refractivity contribution in [1.82, 2.24) is 14.4 Å². The van der Waals surface area contributed by atoms with E-state index < -0.39 is 5.60 Å². The average molecular weight is 420 g/mol. The van der Waals surface area contributed by atoms with Crippen LogP contribution in [0.15, 0.2) is 36.7 Å². The van der Waals surface area contributed by atoms with Gasteiger partial charge in [-0.15, -0.1) is 0 Å². The molecular weight excluding hydrogens is 394 g/mol. The zero-order chi connectivity index (χ0) is 21.2. The van der Waals surface area contributed by atoms with E-state index in [0.29, 0.717) is 42.5 Å². The van der Waals surface area contributed by atoms with Gasteiger partial charge in [0, 0.05) is 44.6 Å². The highest BCUT2D eigenvalue weighted by Gasteiger charge is 2.29. The molecule has 2 aromatic rings. The summed E-state index contributed by atoms with van der Waals surface area (Å²) >= 11 is 6.44. The largest absolute Gasteiger partial charge is 0.496 e. The van der Waals surface area contributed by atoms with Gasteiger partial charge in [-0.2, -0.15) is 0 Å². The summed E-state index contributed by atoms with van der Waals surface area (Å²) in [4.78, 5) is 28.6. The number of hydrogen-bond acceptors (Lipinski definition) is 4. The summed E-state index contributed by atoms with van der Waals surface area (Å²) in [6, 6.07) is 7.18. The Hall–Kier alpha value is -2.67. The van der Waals surface area contributed by atoms with Crippen LogP contribution in [0.4, 0.5) is 4.79 Å². The maximum Gasteiger partial charge on any atom is 0.410 e. The van der Waals surface area contributed by atoms with Gasteiger partial charge in [-0.3, -0.25) is 4.79 Å². The smallest absolute Gasteiger partial charge is 0.410 e. The second-order valence-corrected chi connectivity index (χ2v) is 8.26. The van der Waals surface area contributed by atoms with Crippen LogP contribution in [0, 0.1) is 0 Å². The third-order valence-electron chi connectivity index (χ3n) is 4.60. The summed E-state index contributed by atoms with van der Waals surface area (Å²) in [5.41, 5.74) is 0.592. The van der Waals surface area contributed by atoms with Crippen LogP contribution in [-0.4, -0.2) is 65.3 Å². The third-order valence-corrected chi connectivity index (χ3v) is 4.90. The molecular formula is C21H26ClN3O4. The second kappa shape index (κ2) is 8.37. The summed E-state index contributed by atoms with van der Waals surface area (Å²) < 4.78 is 12.7. The lowest BCUT2D eigenvalue weighted by atomic mass is 10.1. The fraction of sp³-hybridized carbons (Fsp3) is 0.429. The standard InChI is InChI=1S/C21H26ClN3O4/c1-21(2,3)29-20(27)25-11-9-24(10-12-25)19(26)15-13-16(22)17(14-18(15)28-4)23-7-5-6-8-23/h5-8,13-14H,9-12H2,1-4H3. The number of nitrogens with zero attached hydrogens (tertiary/aromatic N) is 3. The van der Waals surface area contributed by atoms with Crippen LogP contribution in [0.5, 0.6) is 5.75 Å². The first kappa shape index (κ1) is 21.0. The first-order valence-electron chi connectivity index (χ1n) is 9.47. The van der Waals surface area contributed by atoms with E-state index in [0.717, 1.165) is 5.69 Å². The normalized spacial score (nSPS) is 14.7. The van der Waals surface area contributed by atoms with Gasteiger partial charge in [-0.1, -0.05) is 11.6 Å². The van der Waals surface area contributed by atoms with Gasteiger partial charge in [-0.05, 0) is 39.0 Å². The second-order valence-electron chi connectivity index (χ2n) is 7.85. The minimum Gasteiger partial charge on any atom is -0.496 e. The predicted molar refractivity (Wildman–Crippen MR) is 111 cm³/mol. The molecule has 0 radical (unpaired) electrons. The first-order valence-corrected chi connectivity index (χ1v) is 9.85. The summed E-state index contributed by atoms with van der Waals surface area (Å²) in [5.74, 6) is 0.282. The van der Waals surface area contributed by atoms with E-state index in [4.69, 9.17) is 21.1 Å². The Morgan fingerprint density at radius 3 is 2.14 bits per heavy atom. The molecule has 2 amide bonds. The molecule has 0 atom stereocenters. The van der Waals surface area contributed by atoms with Crippen molar-refractivity contribution >= 4 is 23.6 Å². The number of methoxy groups -OCH3 is 1. The number of hydrogen-bond donors (Lipinski definition) is 0. The van der Waals surface area contributed by atoms with Crippen molar-refractivity contribution in [2.45, 2.75) is 26.4 Å². The van der Waals surface area contributed by atoms with E-state index in [9.17, 15) is 9.59 Å². The van der Waals surface area contributed by atoms with Crippen LogP contribution in [0.2, 0.25) is 5.02 Å². The van der Waals surface area contributed by atoms with Crippen LogP contribution < -0.4 is 4.74 Å². The molecule has 0 aliphatic carbocycles. The number of aromatic nitrogens is 1. The Labute approximate surface area is 175 Å². The van der Waals surface area contributed by atoms with Crippen LogP contribution in [0.1, 0.15) is 31.1 Å². The van der Waals surface area contributed by atoms with Gasteiger partial charge in [0.1, 0.15) is 11.4 Å². The van der Waals surface area contributed by atoms with Gasteiger partial charge in [0.25, 0.3) is 5.91 Å². The molecule has 0 bridgehead atoms. The molecule has 1 fully saturated rings. The van der Waals surface area contributed by atoms with E-state index in [-0.39, 0.29) is 12.0 Å².